The summed E-state index contributed by atoms with van der Waals surface area (Å²) in [6.45, 7) is 6.77. The fourth-order valence-corrected chi connectivity index (χ4v) is 1.63. The second-order valence-corrected chi connectivity index (χ2v) is 3.99. The number of halogens is 1. The molecule has 0 saturated heterocycles. The lowest BCUT2D eigenvalue weighted by atomic mass is 9.94. The zero-order valence-corrected chi connectivity index (χ0v) is 8.77. The maximum atomic E-state index is 13.1. The molecule has 0 aliphatic carbocycles. The Morgan fingerprint density at radius 3 is 2.92 bits per heavy atom. The van der Waals surface area contributed by atoms with Gasteiger partial charge in [-0.05, 0) is 31.3 Å². The van der Waals surface area contributed by atoms with Gasteiger partial charge in [-0.2, -0.15) is 0 Å². The van der Waals surface area contributed by atoms with E-state index in [1.54, 1.807) is 0 Å². The van der Waals surface area contributed by atoms with Gasteiger partial charge in [0.1, 0.15) is 6.17 Å². The normalized spacial score (nSPS) is 25.7. The van der Waals surface area contributed by atoms with Crippen LogP contribution in [-0.4, -0.2) is 12.8 Å². The third-order valence-electron chi connectivity index (χ3n) is 2.59. The van der Waals surface area contributed by atoms with Crippen LogP contribution in [-0.2, 0) is 4.74 Å². The molecule has 0 aromatic heterocycles. The van der Waals surface area contributed by atoms with Crippen molar-refractivity contribution < 1.29 is 9.13 Å². The Balaban J connectivity index is 2.55. The van der Waals surface area contributed by atoms with Crippen LogP contribution in [0.1, 0.15) is 40.0 Å². The Bertz CT molecular complexity index is 198. The first-order valence-corrected chi connectivity index (χ1v) is 5.09. The van der Waals surface area contributed by atoms with Gasteiger partial charge in [0, 0.05) is 6.42 Å². The largest absolute Gasteiger partial charge is 0.498 e. The number of hydrogen-bond donors (Lipinski definition) is 0. The molecule has 2 heteroatoms. The summed E-state index contributed by atoms with van der Waals surface area (Å²) in [4.78, 5) is 0. The number of ether oxygens (including phenoxy) is 1. The van der Waals surface area contributed by atoms with Gasteiger partial charge in [0.25, 0.3) is 0 Å². The summed E-state index contributed by atoms with van der Waals surface area (Å²) in [6.07, 6.45) is 1.48. The molecule has 0 radical (unpaired) electrons. The van der Waals surface area contributed by atoms with Gasteiger partial charge in [0.15, 0.2) is 0 Å². The molecule has 1 rings (SSSR count). The molecule has 2 atom stereocenters. The number of hydrogen-bond acceptors (Lipinski definition) is 1. The van der Waals surface area contributed by atoms with Crippen LogP contribution < -0.4 is 0 Å². The third-order valence-corrected chi connectivity index (χ3v) is 2.59. The van der Waals surface area contributed by atoms with Crippen LogP contribution in [0.15, 0.2) is 11.3 Å². The summed E-state index contributed by atoms with van der Waals surface area (Å²) >= 11 is 0. The number of allylic oxidation sites excluding steroid dienone is 2. The molecule has 1 nitrogen and oxygen atoms in total. The van der Waals surface area contributed by atoms with E-state index in [-0.39, 0.29) is 0 Å². The van der Waals surface area contributed by atoms with Crippen molar-refractivity contribution in [2.75, 3.05) is 6.61 Å². The molecule has 13 heavy (non-hydrogen) atoms. The highest BCUT2D eigenvalue weighted by Crippen LogP contribution is 2.27. The SMILES string of the molecule is CC[C@@H](F)CC1=C(C)OCC(C)C1. The van der Waals surface area contributed by atoms with E-state index in [4.69, 9.17) is 4.74 Å². The van der Waals surface area contributed by atoms with Gasteiger partial charge in [-0.1, -0.05) is 13.8 Å². The van der Waals surface area contributed by atoms with Gasteiger partial charge in [-0.3, -0.25) is 0 Å². The lowest BCUT2D eigenvalue weighted by Gasteiger charge is -2.24. The summed E-state index contributed by atoms with van der Waals surface area (Å²) < 4.78 is 18.6. The Morgan fingerprint density at radius 1 is 1.62 bits per heavy atom. The Kier molecular flexibility index (Phi) is 3.76. The fraction of sp³-hybridized carbons (Fsp3) is 0.818. The summed E-state index contributed by atoms with van der Waals surface area (Å²) in [5.74, 6) is 1.50. The molecule has 0 fully saturated rings. The summed E-state index contributed by atoms with van der Waals surface area (Å²) in [7, 11) is 0. The predicted molar refractivity (Wildman–Crippen MR) is 52.2 cm³/mol. The minimum atomic E-state index is -0.696. The lowest BCUT2D eigenvalue weighted by molar-refractivity contribution is 0.143. The smallest absolute Gasteiger partial charge is 0.104 e. The van der Waals surface area contributed by atoms with E-state index in [9.17, 15) is 4.39 Å². The summed E-state index contributed by atoms with van der Waals surface area (Å²) in [6, 6.07) is 0. The minimum Gasteiger partial charge on any atom is -0.498 e. The second-order valence-electron chi connectivity index (χ2n) is 3.99. The predicted octanol–water partition coefficient (Wildman–Crippen LogP) is 3.46. The monoisotopic (exact) mass is 186 g/mol. The Morgan fingerprint density at radius 2 is 2.31 bits per heavy atom. The molecule has 0 N–H and O–H groups in total. The molecule has 1 heterocycles. The van der Waals surface area contributed by atoms with Crippen LogP contribution in [0, 0.1) is 5.92 Å². The lowest BCUT2D eigenvalue weighted by Crippen LogP contribution is -2.16. The molecular weight excluding hydrogens is 167 g/mol. The van der Waals surface area contributed by atoms with Crippen molar-refractivity contribution in [1.82, 2.24) is 0 Å². The molecule has 0 amide bonds. The number of alkyl halides is 1. The fourth-order valence-electron chi connectivity index (χ4n) is 1.63. The molecule has 0 bridgehead atoms. The minimum absolute atomic E-state index is 0.544. The molecular formula is C11H19FO. The van der Waals surface area contributed by atoms with Crippen molar-refractivity contribution in [2.24, 2.45) is 5.92 Å². The van der Waals surface area contributed by atoms with Gasteiger partial charge < -0.3 is 4.74 Å². The van der Waals surface area contributed by atoms with E-state index in [0.717, 1.165) is 18.8 Å². The van der Waals surface area contributed by atoms with E-state index < -0.39 is 6.17 Å². The molecule has 1 aliphatic rings. The van der Waals surface area contributed by atoms with Crippen molar-refractivity contribution in [3.05, 3.63) is 11.3 Å². The van der Waals surface area contributed by atoms with Gasteiger partial charge in [0.05, 0.1) is 12.4 Å². The van der Waals surface area contributed by atoms with Crippen molar-refractivity contribution >= 4 is 0 Å². The van der Waals surface area contributed by atoms with Crippen molar-refractivity contribution in [1.29, 1.82) is 0 Å². The van der Waals surface area contributed by atoms with Gasteiger partial charge in [0.2, 0.25) is 0 Å². The van der Waals surface area contributed by atoms with Crippen molar-refractivity contribution in [3.8, 4) is 0 Å². The van der Waals surface area contributed by atoms with Crippen LogP contribution in [0.25, 0.3) is 0 Å². The first-order chi connectivity index (χ1) is 6.13. The second kappa shape index (κ2) is 4.64. The van der Waals surface area contributed by atoms with E-state index in [1.807, 2.05) is 13.8 Å². The van der Waals surface area contributed by atoms with E-state index in [1.165, 1.54) is 5.57 Å². The van der Waals surface area contributed by atoms with Crippen molar-refractivity contribution in [2.45, 2.75) is 46.2 Å². The summed E-state index contributed by atoms with van der Waals surface area (Å²) in [5.41, 5.74) is 1.17. The van der Waals surface area contributed by atoms with Crippen LogP contribution >= 0.6 is 0 Å². The average Bonchev–Trinajstić information content (AvgIpc) is 2.11. The first kappa shape index (κ1) is 10.6. The molecule has 76 valence electrons. The quantitative estimate of drug-likeness (QED) is 0.656. The zero-order valence-electron chi connectivity index (χ0n) is 8.77. The highest BCUT2D eigenvalue weighted by molar-refractivity contribution is 5.11. The highest BCUT2D eigenvalue weighted by atomic mass is 19.1. The molecule has 0 aromatic carbocycles. The van der Waals surface area contributed by atoms with Crippen LogP contribution in [0.4, 0.5) is 4.39 Å². The van der Waals surface area contributed by atoms with Gasteiger partial charge >= 0.3 is 0 Å². The Hall–Kier alpha value is -0.530. The van der Waals surface area contributed by atoms with E-state index in [0.29, 0.717) is 18.8 Å². The average molecular weight is 186 g/mol. The summed E-state index contributed by atoms with van der Waals surface area (Å²) in [5, 5.41) is 0. The third kappa shape index (κ3) is 3.02. The molecule has 1 unspecified atom stereocenters. The van der Waals surface area contributed by atoms with Crippen LogP contribution in [0.2, 0.25) is 0 Å². The number of rotatable bonds is 3. The maximum Gasteiger partial charge on any atom is 0.104 e. The molecule has 0 saturated carbocycles. The van der Waals surface area contributed by atoms with E-state index >= 15 is 0 Å². The first-order valence-electron chi connectivity index (χ1n) is 5.09. The topological polar surface area (TPSA) is 9.23 Å². The maximum absolute atomic E-state index is 13.1. The van der Waals surface area contributed by atoms with Crippen molar-refractivity contribution in [3.63, 3.8) is 0 Å². The van der Waals surface area contributed by atoms with Crippen LogP contribution in [0.5, 0.6) is 0 Å². The Labute approximate surface area is 80.0 Å². The molecule has 1 aliphatic heterocycles. The van der Waals surface area contributed by atoms with Crippen LogP contribution in [0.3, 0.4) is 0 Å². The zero-order chi connectivity index (χ0) is 9.84. The molecule has 0 spiro atoms. The van der Waals surface area contributed by atoms with Gasteiger partial charge in [-0.15, -0.1) is 0 Å². The van der Waals surface area contributed by atoms with E-state index in [2.05, 4.69) is 6.92 Å². The van der Waals surface area contributed by atoms with Gasteiger partial charge in [-0.25, -0.2) is 4.39 Å². The highest BCUT2D eigenvalue weighted by Gasteiger charge is 2.18. The molecule has 0 aromatic rings. The standard InChI is InChI=1S/C11H19FO/c1-4-11(12)6-10-5-8(2)7-13-9(10)3/h8,11H,4-7H2,1-3H3/t8?,11-/m1/s1.